The molecule has 4 rings (SSSR count). The molecule has 2 aromatic heterocycles. The molecule has 1 saturated carbocycles. The molecule has 0 bridgehead atoms. The number of benzene rings is 1. The van der Waals surface area contributed by atoms with Crippen LogP contribution in [-0.4, -0.2) is 25.1 Å². The number of hydrogen-bond acceptors (Lipinski definition) is 6. The second-order valence-electron chi connectivity index (χ2n) is 6.81. The zero-order valence-electron chi connectivity index (χ0n) is 15.4. The summed E-state index contributed by atoms with van der Waals surface area (Å²) < 4.78 is 14.0. The molecule has 3 N–H and O–H groups in total. The molecule has 1 aliphatic rings. The van der Waals surface area contributed by atoms with Crippen molar-refractivity contribution in [3.8, 4) is 0 Å². The topological polar surface area (TPSA) is 91.4 Å². The third-order valence-electron chi connectivity index (χ3n) is 4.50. The first kappa shape index (κ1) is 17.4. The van der Waals surface area contributed by atoms with E-state index in [9.17, 15) is 4.39 Å². The fourth-order valence-corrected chi connectivity index (χ4v) is 2.80. The predicted molar refractivity (Wildman–Crippen MR) is 102 cm³/mol. The molecule has 8 heteroatoms. The van der Waals surface area contributed by atoms with E-state index < -0.39 is 0 Å². The highest BCUT2D eigenvalue weighted by molar-refractivity contribution is 5.50. The highest BCUT2D eigenvalue weighted by Gasteiger charge is 2.25. The van der Waals surface area contributed by atoms with Crippen molar-refractivity contribution in [3.05, 3.63) is 52.7 Å². The summed E-state index contributed by atoms with van der Waals surface area (Å²) >= 11 is 0. The van der Waals surface area contributed by atoms with Gasteiger partial charge < -0.3 is 10.6 Å². The maximum atomic E-state index is 14.0. The van der Waals surface area contributed by atoms with Crippen LogP contribution in [0.25, 0.3) is 0 Å². The lowest BCUT2D eigenvalue weighted by Crippen LogP contribution is -2.10. The van der Waals surface area contributed by atoms with Crippen LogP contribution in [0.1, 0.15) is 48.3 Å². The van der Waals surface area contributed by atoms with Crippen molar-refractivity contribution in [2.24, 2.45) is 0 Å². The van der Waals surface area contributed by atoms with Gasteiger partial charge in [-0.05, 0) is 31.4 Å². The Bertz CT molecular complexity index is 949. The second-order valence-corrected chi connectivity index (χ2v) is 6.81. The van der Waals surface area contributed by atoms with Gasteiger partial charge >= 0.3 is 0 Å². The van der Waals surface area contributed by atoms with Gasteiger partial charge in [0.25, 0.3) is 0 Å². The van der Waals surface area contributed by atoms with Crippen LogP contribution in [0, 0.1) is 12.7 Å². The average molecular weight is 367 g/mol. The molecular formula is C19H22FN7. The molecule has 140 valence electrons. The summed E-state index contributed by atoms with van der Waals surface area (Å²) in [7, 11) is 0. The van der Waals surface area contributed by atoms with Gasteiger partial charge in [-0.15, -0.1) is 0 Å². The van der Waals surface area contributed by atoms with Crippen LogP contribution in [0.3, 0.4) is 0 Å². The lowest BCUT2D eigenvalue weighted by molar-refractivity contribution is 0.611. The Morgan fingerprint density at radius 1 is 1.15 bits per heavy atom. The van der Waals surface area contributed by atoms with Gasteiger partial charge in [-0.3, -0.25) is 5.10 Å². The van der Waals surface area contributed by atoms with Crippen LogP contribution in [0.4, 0.5) is 22.1 Å². The number of H-pyrrole nitrogens is 1. The molecule has 27 heavy (non-hydrogen) atoms. The largest absolute Gasteiger partial charge is 0.350 e. The van der Waals surface area contributed by atoms with Gasteiger partial charge in [0, 0.05) is 36.2 Å². The van der Waals surface area contributed by atoms with Gasteiger partial charge in [0.05, 0.1) is 0 Å². The summed E-state index contributed by atoms with van der Waals surface area (Å²) in [4.78, 5) is 13.2. The van der Waals surface area contributed by atoms with Crippen LogP contribution >= 0.6 is 0 Å². The summed E-state index contributed by atoms with van der Waals surface area (Å²) in [6.45, 7) is 4.14. The number of halogens is 1. The number of hydrogen-bond donors (Lipinski definition) is 3. The molecule has 0 amide bonds. The molecule has 0 radical (unpaired) electrons. The number of aryl methyl sites for hydroxylation is 2. The van der Waals surface area contributed by atoms with E-state index in [2.05, 4.69) is 35.8 Å². The van der Waals surface area contributed by atoms with E-state index in [4.69, 9.17) is 0 Å². The first-order valence-electron chi connectivity index (χ1n) is 9.17. The van der Waals surface area contributed by atoms with Crippen LogP contribution in [0.15, 0.2) is 24.3 Å². The minimum atomic E-state index is -0.241. The molecule has 1 fully saturated rings. The summed E-state index contributed by atoms with van der Waals surface area (Å²) in [6, 6.07) is 7.15. The van der Waals surface area contributed by atoms with Crippen LogP contribution < -0.4 is 10.6 Å². The normalized spacial score (nSPS) is 13.6. The van der Waals surface area contributed by atoms with Crippen LogP contribution in [-0.2, 0) is 13.0 Å². The van der Waals surface area contributed by atoms with Crippen LogP contribution in [0.5, 0.6) is 0 Å². The first-order valence-corrected chi connectivity index (χ1v) is 9.17. The number of nitrogens with zero attached hydrogens (tertiary/aromatic N) is 4. The van der Waals surface area contributed by atoms with Crippen LogP contribution in [0.2, 0.25) is 0 Å². The van der Waals surface area contributed by atoms with E-state index >= 15 is 0 Å². The first-order chi connectivity index (χ1) is 13.1. The maximum Gasteiger partial charge on any atom is 0.233 e. The molecule has 7 nitrogen and oxygen atoms in total. The Balaban J connectivity index is 1.49. The minimum Gasteiger partial charge on any atom is -0.350 e. The van der Waals surface area contributed by atoms with E-state index in [0.717, 1.165) is 11.3 Å². The van der Waals surface area contributed by atoms with Gasteiger partial charge in [-0.2, -0.15) is 20.1 Å². The minimum absolute atomic E-state index is 0.241. The van der Waals surface area contributed by atoms with Crippen molar-refractivity contribution < 1.29 is 4.39 Å². The molecule has 3 aromatic rings. The standard InChI is InChI=1S/C19H22FN7/c1-3-16-22-18(21-10-13-5-4-11(2)8-14(13)20)25-19(23-16)24-17-9-15(26-27-17)12-6-7-12/h4-5,8-9,12H,3,6-7,10H2,1-2H3,(H3,21,22,23,24,25,26,27). The van der Waals surface area contributed by atoms with Crippen molar-refractivity contribution in [1.82, 2.24) is 25.1 Å². The van der Waals surface area contributed by atoms with E-state index in [0.29, 0.717) is 48.0 Å². The lowest BCUT2D eigenvalue weighted by atomic mass is 10.1. The van der Waals surface area contributed by atoms with Crippen molar-refractivity contribution in [3.63, 3.8) is 0 Å². The molecule has 2 heterocycles. The number of aromatic nitrogens is 5. The Morgan fingerprint density at radius 3 is 2.70 bits per heavy atom. The third kappa shape index (κ3) is 4.21. The van der Waals surface area contributed by atoms with Gasteiger partial charge in [-0.1, -0.05) is 19.1 Å². The second kappa shape index (κ2) is 7.30. The zero-order chi connectivity index (χ0) is 18.8. The van der Waals surface area contributed by atoms with Gasteiger partial charge in [0.2, 0.25) is 11.9 Å². The molecule has 1 aromatic carbocycles. The van der Waals surface area contributed by atoms with E-state index in [1.807, 2.05) is 26.0 Å². The Morgan fingerprint density at radius 2 is 1.96 bits per heavy atom. The molecule has 0 atom stereocenters. The highest BCUT2D eigenvalue weighted by atomic mass is 19.1. The summed E-state index contributed by atoms with van der Waals surface area (Å²) in [6.07, 6.45) is 3.08. The van der Waals surface area contributed by atoms with Crippen molar-refractivity contribution in [2.45, 2.75) is 45.6 Å². The Kier molecular flexibility index (Phi) is 4.70. The van der Waals surface area contributed by atoms with Crippen molar-refractivity contribution in [2.75, 3.05) is 10.6 Å². The highest BCUT2D eigenvalue weighted by Crippen LogP contribution is 2.39. The smallest absolute Gasteiger partial charge is 0.233 e. The quantitative estimate of drug-likeness (QED) is 0.588. The fraction of sp³-hybridized carbons (Fsp3) is 0.368. The number of nitrogens with one attached hydrogen (secondary N) is 3. The predicted octanol–water partition coefficient (Wildman–Crippen LogP) is 3.84. The van der Waals surface area contributed by atoms with E-state index in [-0.39, 0.29) is 5.82 Å². The molecule has 0 saturated heterocycles. The summed E-state index contributed by atoms with van der Waals surface area (Å²) in [5.41, 5.74) is 2.59. The number of anilines is 3. The molecular weight excluding hydrogens is 345 g/mol. The Labute approximate surface area is 156 Å². The molecule has 0 aliphatic heterocycles. The summed E-state index contributed by atoms with van der Waals surface area (Å²) in [5.74, 6) is 2.51. The van der Waals surface area contributed by atoms with Gasteiger partial charge in [-0.25, -0.2) is 4.39 Å². The lowest BCUT2D eigenvalue weighted by Gasteiger charge is -2.09. The molecule has 0 unspecified atom stereocenters. The average Bonchev–Trinajstić information content (AvgIpc) is 3.40. The molecule has 0 spiro atoms. The Hall–Kier alpha value is -3.03. The van der Waals surface area contributed by atoms with Crippen molar-refractivity contribution in [1.29, 1.82) is 0 Å². The third-order valence-corrected chi connectivity index (χ3v) is 4.50. The van der Waals surface area contributed by atoms with Gasteiger partial charge in [0.1, 0.15) is 11.6 Å². The SMILES string of the molecule is CCc1nc(NCc2ccc(C)cc2F)nc(Nc2cc(C3CC3)[nH]n2)n1. The monoisotopic (exact) mass is 367 g/mol. The number of aromatic amines is 1. The summed E-state index contributed by atoms with van der Waals surface area (Å²) in [5, 5.41) is 13.5. The van der Waals surface area contributed by atoms with E-state index in [1.165, 1.54) is 18.9 Å². The maximum absolute atomic E-state index is 14.0. The fourth-order valence-electron chi connectivity index (χ4n) is 2.80. The zero-order valence-corrected chi connectivity index (χ0v) is 15.4. The molecule has 1 aliphatic carbocycles. The van der Waals surface area contributed by atoms with E-state index in [1.54, 1.807) is 6.07 Å². The van der Waals surface area contributed by atoms with Gasteiger partial charge in [0.15, 0.2) is 5.82 Å². The van der Waals surface area contributed by atoms with Crippen molar-refractivity contribution >= 4 is 17.7 Å². The number of rotatable bonds is 7.